The number of aryl methyl sites for hydroxylation is 2. The number of amides is 1. The summed E-state index contributed by atoms with van der Waals surface area (Å²) in [6.07, 6.45) is 6.08. The van der Waals surface area contributed by atoms with Crippen LogP contribution in [-0.4, -0.2) is 37.0 Å². The average molecular weight is 471 g/mol. The molecule has 0 atom stereocenters. The van der Waals surface area contributed by atoms with Crippen molar-refractivity contribution in [2.45, 2.75) is 26.4 Å². The lowest BCUT2D eigenvalue weighted by atomic mass is 10.0. The van der Waals surface area contributed by atoms with Gasteiger partial charge in [-0.15, -0.1) is 0 Å². The Kier molecular flexibility index (Phi) is 5.89. The highest BCUT2D eigenvalue weighted by Crippen LogP contribution is 2.29. The van der Waals surface area contributed by atoms with E-state index < -0.39 is 0 Å². The van der Waals surface area contributed by atoms with E-state index in [0.717, 1.165) is 39.6 Å². The van der Waals surface area contributed by atoms with Crippen LogP contribution in [0.4, 0.5) is 4.39 Å². The van der Waals surface area contributed by atoms with E-state index in [1.165, 1.54) is 12.1 Å². The smallest absolute Gasteiger partial charge is 0.241 e. The van der Waals surface area contributed by atoms with Crippen LogP contribution in [0.3, 0.4) is 0 Å². The van der Waals surface area contributed by atoms with E-state index >= 15 is 0 Å². The molecule has 0 bridgehead atoms. The zero-order valence-electron chi connectivity index (χ0n) is 16.3. The maximum atomic E-state index is 13.3. The molecular formula is C21H20BrFN6O. The number of pyridine rings is 1. The van der Waals surface area contributed by atoms with Crippen LogP contribution in [0, 0.1) is 12.7 Å². The fraction of sp³-hybridized carbons (Fsp3) is 0.238. The summed E-state index contributed by atoms with van der Waals surface area (Å²) in [7, 11) is 0. The normalized spacial score (nSPS) is 11.2. The summed E-state index contributed by atoms with van der Waals surface area (Å²) in [6, 6.07) is 8.19. The average Bonchev–Trinajstić information content (AvgIpc) is 3.29. The molecular weight excluding hydrogens is 451 g/mol. The largest absolute Gasteiger partial charge is 0.354 e. The Bertz CT molecular complexity index is 1180. The Morgan fingerprint density at radius 3 is 2.77 bits per heavy atom. The van der Waals surface area contributed by atoms with Gasteiger partial charge in [0.05, 0.1) is 16.4 Å². The predicted octanol–water partition coefficient (Wildman–Crippen LogP) is 3.71. The number of carbonyl (C=O) groups is 1. The number of rotatable bonds is 7. The molecule has 4 aromatic rings. The molecule has 0 aliphatic carbocycles. The highest BCUT2D eigenvalue weighted by atomic mass is 79.9. The van der Waals surface area contributed by atoms with E-state index in [0.29, 0.717) is 12.2 Å². The Labute approximate surface area is 181 Å². The summed E-state index contributed by atoms with van der Waals surface area (Å²) in [5, 5.41) is 12.5. The van der Waals surface area contributed by atoms with Gasteiger partial charge in [0.1, 0.15) is 12.4 Å². The molecule has 0 spiro atoms. The van der Waals surface area contributed by atoms with E-state index in [2.05, 4.69) is 36.4 Å². The molecule has 0 unspecified atom stereocenters. The van der Waals surface area contributed by atoms with Crippen LogP contribution in [-0.2, 0) is 17.9 Å². The Hall–Kier alpha value is -3.07. The number of nitrogens with one attached hydrogen (secondary N) is 1. The minimum Gasteiger partial charge on any atom is -0.354 e. The second-order valence-electron chi connectivity index (χ2n) is 6.93. The van der Waals surface area contributed by atoms with Gasteiger partial charge in [-0.25, -0.2) is 14.1 Å². The van der Waals surface area contributed by atoms with Crippen molar-refractivity contribution in [2.75, 3.05) is 6.54 Å². The van der Waals surface area contributed by atoms with Crippen LogP contribution in [0.25, 0.3) is 22.2 Å². The van der Waals surface area contributed by atoms with Crippen molar-refractivity contribution < 1.29 is 9.18 Å². The lowest BCUT2D eigenvalue weighted by Gasteiger charge is -2.07. The molecule has 154 valence electrons. The highest BCUT2D eigenvalue weighted by molar-refractivity contribution is 9.10. The molecule has 30 heavy (non-hydrogen) atoms. The summed E-state index contributed by atoms with van der Waals surface area (Å²) in [5.74, 6) is -0.414. The standard InChI is InChI=1S/C21H20BrFN6O/c1-14-20-18(15-3-5-17(23)6-4-15)7-9-25-21(20)29(27-14)13-19(30)24-8-2-10-28-12-16(22)11-26-28/h3-7,9,11-12H,2,8,10,13H2,1H3,(H,24,30). The van der Waals surface area contributed by atoms with Gasteiger partial charge in [0.25, 0.3) is 0 Å². The van der Waals surface area contributed by atoms with Crippen molar-refractivity contribution in [2.24, 2.45) is 0 Å². The van der Waals surface area contributed by atoms with Crippen LogP contribution in [0.1, 0.15) is 12.1 Å². The van der Waals surface area contributed by atoms with Crippen molar-refractivity contribution >= 4 is 32.9 Å². The van der Waals surface area contributed by atoms with E-state index in [1.807, 2.05) is 23.9 Å². The van der Waals surface area contributed by atoms with E-state index in [9.17, 15) is 9.18 Å². The molecule has 3 aromatic heterocycles. The van der Waals surface area contributed by atoms with Gasteiger partial charge in [0.15, 0.2) is 5.65 Å². The minimum absolute atomic E-state index is 0.0809. The van der Waals surface area contributed by atoms with Gasteiger partial charge in [-0.1, -0.05) is 12.1 Å². The SMILES string of the molecule is Cc1nn(CC(=O)NCCCn2cc(Br)cn2)c2nccc(-c3ccc(F)cc3)c12. The summed E-state index contributed by atoms with van der Waals surface area (Å²) >= 11 is 3.36. The number of aromatic nitrogens is 5. The van der Waals surface area contributed by atoms with Crippen molar-refractivity contribution in [3.8, 4) is 11.1 Å². The molecule has 3 heterocycles. The van der Waals surface area contributed by atoms with Crippen molar-refractivity contribution in [3.63, 3.8) is 0 Å². The molecule has 0 aliphatic rings. The van der Waals surface area contributed by atoms with Crippen LogP contribution in [0.2, 0.25) is 0 Å². The third kappa shape index (κ3) is 4.40. The molecule has 0 saturated heterocycles. The van der Waals surface area contributed by atoms with Crippen LogP contribution >= 0.6 is 15.9 Å². The molecule has 9 heteroatoms. The first-order valence-corrected chi connectivity index (χ1v) is 10.3. The van der Waals surface area contributed by atoms with Gasteiger partial charge >= 0.3 is 0 Å². The van der Waals surface area contributed by atoms with E-state index in [1.54, 1.807) is 29.2 Å². The lowest BCUT2D eigenvalue weighted by molar-refractivity contribution is -0.121. The molecule has 4 rings (SSSR count). The van der Waals surface area contributed by atoms with E-state index in [-0.39, 0.29) is 18.3 Å². The number of hydrogen-bond acceptors (Lipinski definition) is 4. The second-order valence-corrected chi connectivity index (χ2v) is 7.85. The van der Waals surface area contributed by atoms with Gasteiger partial charge in [0, 0.05) is 30.9 Å². The first-order valence-electron chi connectivity index (χ1n) is 9.54. The fourth-order valence-corrected chi connectivity index (χ4v) is 3.71. The molecule has 0 fully saturated rings. The predicted molar refractivity (Wildman–Crippen MR) is 115 cm³/mol. The van der Waals surface area contributed by atoms with Crippen LogP contribution < -0.4 is 5.32 Å². The van der Waals surface area contributed by atoms with Crippen molar-refractivity contribution in [3.05, 3.63) is 64.9 Å². The zero-order valence-corrected chi connectivity index (χ0v) is 17.9. The summed E-state index contributed by atoms with van der Waals surface area (Å²) in [4.78, 5) is 16.8. The molecule has 1 aromatic carbocycles. The minimum atomic E-state index is -0.284. The van der Waals surface area contributed by atoms with Gasteiger partial charge < -0.3 is 5.32 Å². The maximum absolute atomic E-state index is 13.3. The number of benzene rings is 1. The topological polar surface area (TPSA) is 77.6 Å². The molecule has 7 nitrogen and oxygen atoms in total. The molecule has 1 N–H and O–H groups in total. The van der Waals surface area contributed by atoms with Crippen molar-refractivity contribution in [1.29, 1.82) is 0 Å². The Morgan fingerprint density at radius 1 is 1.23 bits per heavy atom. The zero-order chi connectivity index (χ0) is 21.1. The van der Waals surface area contributed by atoms with Gasteiger partial charge in [-0.2, -0.15) is 10.2 Å². The highest BCUT2D eigenvalue weighted by Gasteiger charge is 2.15. The van der Waals surface area contributed by atoms with Gasteiger partial charge in [0.2, 0.25) is 5.91 Å². The lowest BCUT2D eigenvalue weighted by Crippen LogP contribution is -2.29. The molecule has 1 amide bonds. The molecule has 0 aliphatic heterocycles. The number of hydrogen-bond donors (Lipinski definition) is 1. The van der Waals surface area contributed by atoms with Crippen LogP contribution in [0.15, 0.2) is 53.4 Å². The summed E-state index contributed by atoms with van der Waals surface area (Å²) < 4.78 is 17.6. The number of halogens is 2. The molecule has 0 saturated carbocycles. The van der Waals surface area contributed by atoms with E-state index in [4.69, 9.17) is 0 Å². The maximum Gasteiger partial charge on any atom is 0.241 e. The molecule has 0 radical (unpaired) electrons. The third-order valence-corrected chi connectivity index (χ3v) is 5.15. The first-order chi connectivity index (χ1) is 14.5. The monoisotopic (exact) mass is 470 g/mol. The Morgan fingerprint density at radius 2 is 2.03 bits per heavy atom. The number of carbonyl (C=O) groups excluding carboxylic acids is 1. The summed E-state index contributed by atoms with van der Waals surface area (Å²) in [5.41, 5.74) is 3.19. The van der Waals surface area contributed by atoms with Gasteiger partial charge in [-0.05, 0) is 58.6 Å². The third-order valence-electron chi connectivity index (χ3n) is 4.74. The summed E-state index contributed by atoms with van der Waals surface area (Å²) in [6.45, 7) is 3.23. The van der Waals surface area contributed by atoms with Gasteiger partial charge in [-0.3, -0.25) is 9.48 Å². The second kappa shape index (κ2) is 8.74. The first kappa shape index (κ1) is 20.2. The fourth-order valence-electron chi connectivity index (χ4n) is 3.38. The quantitative estimate of drug-likeness (QED) is 0.417. The van der Waals surface area contributed by atoms with Crippen molar-refractivity contribution in [1.82, 2.24) is 29.9 Å². The Balaban J connectivity index is 1.44. The number of fused-ring (bicyclic) bond motifs is 1. The van der Waals surface area contributed by atoms with Crippen LogP contribution in [0.5, 0.6) is 0 Å². The number of nitrogens with zero attached hydrogens (tertiary/aromatic N) is 5.